The molecular weight excluding hydrogens is 348 g/mol. The summed E-state index contributed by atoms with van der Waals surface area (Å²) in [6, 6.07) is 0. The topological polar surface area (TPSA) is 0 Å². The van der Waals surface area contributed by atoms with Gasteiger partial charge in [-0.2, -0.15) is 0 Å². The van der Waals surface area contributed by atoms with Crippen molar-refractivity contribution in [3.05, 3.63) is 0 Å². The molecule has 0 aliphatic rings. The van der Waals surface area contributed by atoms with Gasteiger partial charge < -0.3 is 0 Å². The van der Waals surface area contributed by atoms with Crippen molar-refractivity contribution in [2.24, 2.45) is 52.3 Å². The van der Waals surface area contributed by atoms with Crippen LogP contribution in [0.25, 0.3) is 0 Å². The van der Waals surface area contributed by atoms with E-state index < -0.39 is 0 Å². The molecule has 0 N–H and O–H groups in total. The summed E-state index contributed by atoms with van der Waals surface area (Å²) in [6.07, 6.45) is 9.31. The summed E-state index contributed by atoms with van der Waals surface area (Å²) in [5, 5.41) is 0. The largest absolute Gasteiger partial charge is 0.0654 e. The van der Waals surface area contributed by atoms with E-state index in [9.17, 15) is 0 Å². The van der Waals surface area contributed by atoms with Gasteiger partial charge in [-0.1, -0.05) is 122 Å². The predicted octanol–water partition coefficient (Wildman–Crippen LogP) is 10.3. The lowest BCUT2D eigenvalue weighted by molar-refractivity contribution is -0.0734. The molecule has 0 aromatic heterocycles. The van der Waals surface area contributed by atoms with Crippen LogP contribution in [0.3, 0.4) is 0 Å². The number of rotatable bonds is 15. The second-order valence-electron chi connectivity index (χ2n) is 11.8. The third-order valence-electron chi connectivity index (χ3n) is 9.81. The van der Waals surface area contributed by atoms with Crippen LogP contribution in [0.1, 0.15) is 135 Å². The van der Waals surface area contributed by atoms with Gasteiger partial charge in [0.25, 0.3) is 0 Å². The lowest BCUT2D eigenvalue weighted by Crippen LogP contribution is -2.49. The minimum absolute atomic E-state index is 0.438. The molecule has 0 nitrogen and oxygen atoms in total. The van der Waals surface area contributed by atoms with Crippen LogP contribution in [-0.2, 0) is 0 Å². The molecule has 0 heterocycles. The zero-order valence-electron chi connectivity index (χ0n) is 23.0. The van der Waals surface area contributed by atoms with Gasteiger partial charge in [-0.15, -0.1) is 0 Å². The average Bonchev–Trinajstić information content (AvgIpc) is 2.69. The zero-order chi connectivity index (χ0) is 23.0. The number of hydrogen-bond acceptors (Lipinski definition) is 0. The molecule has 8 atom stereocenters. The summed E-state index contributed by atoms with van der Waals surface area (Å²) >= 11 is 0. The monoisotopic (exact) mass is 408 g/mol. The van der Waals surface area contributed by atoms with E-state index in [1.807, 2.05) is 0 Å². The first-order valence-corrected chi connectivity index (χ1v) is 13.4. The van der Waals surface area contributed by atoms with Crippen LogP contribution < -0.4 is 0 Å². The molecule has 0 rings (SSSR count). The summed E-state index contributed by atoms with van der Waals surface area (Å²) < 4.78 is 0. The van der Waals surface area contributed by atoms with E-state index in [0.717, 1.165) is 41.4 Å². The molecule has 0 radical (unpaired) electrons. The van der Waals surface area contributed by atoms with Crippen LogP contribution in [0.5, 0.6) is 0 Å². The molecule has 0 bridgehead atoms. The lowest BCUT2D eigenvalue weighted by atomic mass is 9.49. The van der Waals surface area contributed by atoms with Crippen molar-refractivity contribution in [2.45, 2.75) is 135 Å². The molecule has 0 fully saturated rings. The Balaban J connectivity index is 6.74. The van der Waals surface area contributed by atoms with Crippen molar-refractivity contribution in [1.82, 2.24) is 0 Å². The maximum Gasteiger partial charge on any atom is -0.0295 e. The normalized spacial score (nSPS) is 23.0. The average molecular weight is 409 g/mol. The molecule has 0 amide bonds. The highest BCUT2D eigenvalue weighted by molar-refractivity contribution is 4.99. The lowest BCUT2D eigenvalue weighted by Gasteiger charge is -2.56. The molecule has 8 unspecified atom stereocenters. The Labute approximate surface area is 187 Å². The third kappa shape index (κ3) is 7.00. The van der Waals surface area contributed by atoms with Crippen molar-refractivity contribution in [3.63, 3.8) is 0 Å². The van der Waals surface area contributed by atoms with E-state index in [0.29, 0.717) is 10.8 Å². The van der Waals surface area contributed by atoms with Gasteiger partial charge in [0.1, 0.15) is 0 Å². The smallest absolute Gasteiger partial charge is 0.0295 e. The summed E-state index contributed by atoms with van der Waals surface area (Å²) in [4.78, 5) is 0. The maximum absolute atomic E-state index is 2.66. The van der Waals surface area contributed by atoms with Gasteiger partial charge in [-0.3, -0.25) is 0 Å². The minimum atomic E-state index is 0.438. The van der Waals surface area contributed by atoms with E-state index in [4.69, 9.17) is 0 Å². The fourth-order valence-electron chi connectivity index (χ4n) is 6.75. The molecule has 0 saturated carbocycles. The van der Waals surface area contributed by atoms with Gasteiger partial charge in [0.05, 0.1) is 0 Å². The van der Waals surface area contributed by atoms with Gasteiger partial charge in [0.2, 0.25) is 0 Å². The van der Waals surface area contributed by atoms with Crippen LogP contribution in [0.2, 0.25) is 0 Å². The van der Waals surface area contributed by atoms with E-state index in [2.05, 4.69) is 90.0 Å². The molecule has 0 aromatic carbocycles. The second-order valence-corrected chi connectivity index (χ2v) is 11.8. The van der Waals surface area contributed by atoms with Gasteiger partial charge >= 0.3 is 0 Å². The van der Waals surface area contributed by atoms with Crippen molar-refractivity contribution < 1.29 is 0 Å². The quantitative estimate of drug-likeness (QED) is 0.253. The Hall–Kier alpha value is 0. The highest BCUT2D eigenvalue weighted by Gasteiger charge is 2.50. The first-order chi connectivity index (χ1) is 13.4. The SMILES string of the molecule is CCCC(C)(CC)C(C(C)C(C)CC)C(C(C)C(C)C(C)C)C(C)(CC)CCC. The Bertz CT molecular complexity index is 424. The number of hydrogen-bond donors (Lipinski definition) is 0. The zero-order valence-corrected chi connectivity index (χ0v) is 23.0. The van der Waals surface area contributed by atoms with Crippen molar-refractivity contribution in [2.75, 3.05) is 0 Å². The van der Waals surface area contributed by atoms with Crippen LogP contribution in [0.4, 0.5) is 0 Å². The van der Waals surface area contributed by atoms with Gasteiger partial charge in [0, 0.05) is 0 Å². The first-order valence-electron chi connectivity index (χ1n) is 13.4. The molecule has 0 spiro atoms. The highest BCUT2D eigenvalue weighted by atomic mass is 14.5. The Morgan fingerprint density at radius 2 is 0.931 bits per heavy atom. The fourth-order valence-corrected chi connectivity index (χ4v) is 6.75. The van der Waals surface area contributed by atoms with Crippen molar-refractivity contribution >= 4 is 0 Å². The second kappa shape index (κ2) is 12.8. The molecular formula is C29H60. The Kier molecular flexibility index (Phi) is 12.8. The van der Waals surface area contributed by atoms with Crippen molar-refractivity contribution in [1.29, 1.82) is 0 Å². The van der Waals surface area contributed by atoms with Crippen LogP contribution in [0, 0.1) is 52.3 Å². The van der Waals surface area contributed by atoms with Crippen LogP contribution in [-0.4, -0.2) is 0 Å². The third-order valence-corrected chi connectivity index (χ3v) is 9.81. The van der Waals surface area contributed by atoms with E-state index in [1.54, 1.807) is 0 Å². The standard InChI is InChI=1S/C29H60/c1-14-19-28(12,17-4)26(24(10)22(8)16-3)27(25(11)23(9)21(6)7)29(13,18-5)20-15-2/h21-27H,14-20H2,1-13H3. The van der Waals surface area contributed by atoms with E-state index in [-0.39, 0.29) is 0 Å². The molecule has 0 heteroatoms. The maximum atomic E-state index is 2.66. The summed E-state index contributed by atoms with van der Waals surface area (Å²) in [6.45, 7) is 32.7. The molecule has 0 aromatic rings. The predicted molar refractivity (Wildman–Crippen MR) is 135 cm³/mol. The minimum Gasteiger partial charge on any atom is -0.0654 e. The molecule has 0 aliphatic carbocycles. The fraction of sp³-hybridized carbons (Fsp3) is 1.00. The van der Waals surface area contributed by atoms with Crippen LogP contribution >= 0.6 is 0 Å². The van der Waals surface area contributed by atoms with Gasteiger partial charge in [-0.25, -0.2) is 0 Å². The molecule has 0 aliphatic heterocycles. The van der Waals surface area contributed by atoms with Gasteiger partial charge in [0.15, 0.2) is 0 Å². The molecule has 0 saturated heterocycles. The van der Waals surface area contributed by atoms with Gasteiger partial charge in [-0.05, 0) is 65.1 Å². The van der Waals surface area contributed by atoms with Crippen LogP contribution in [0.15, 0.2) is 0 Å². The van der Waals surface area contributed by atoms with Crippen molar-refractivity contribution in [3.8, 4) is 0 Å². The summed E-state index contributed by atoms with van der Waals surface area (Å²) in [7, 11) is 0. The highest BCUT2D eigenvalue weighted by Crippen LogP contribution is 2.57. The molecule has 29 heavy (non-hydrogen) atoms. The van der Waals surface area contributed by atoms with E-state index in [1.165, 1.54) is 44.9 Å². The van der Waals surface area contributed by atoms with E-state index >= 15 is 0 Å². The molecule has 176 valence electrons. The first kappa shape index (κ1) is 29.0. The summed E-state index contributed by atoms with van der Waals surface area (Å²) in [5.41, 5.74) is 0.880. The Morgan fingerprint density at radius 3 is 1.21 bits per heavy atom. The Morgan fingerprint density at radius 1 is 0.552 bits per heavy atom. The summed E-state index contributed by atoms with van der Waals surface area (Å²) in [5.74, 6) is 5.48.